The van der Waals surface area contributed by atoms with Crippen molar-refractivity contribution in [3.8, 4) is 5.75 Å². The van der Waals surface area contributed by atoms with Gasteiger partial charge in [-0.1, -0.05) is 12.1 Å². The van der Waals surface area contributed by atoms with Crippen molar-refractivity contribution >= 4 is 17.8 Å². The van der Waals surface area contributed by atoms with Crippen LogP contribution in [0.25, 0.3) is 0 Å². The van der Waals surface area contributed by atoms with Gasteiger partial charge in [0.2, 0.25) is 11.8 Å². The molecule has 0 unspecified atom stereocenters. The van der Waals surface area contributed by atoms with Crippen LogP contribution in [0.1, 0.15) is 25.8 Å². The number of carbonyl (C=O) groups is 3. The molecule has 0 aliphatic heterocycles. The predicted molar refractivity (Wildman–Crippen MR) is 93.2 cm³/mol. The number of nitrogens with one attached hydrogen (secondary N) is 1. The quantitative estimate of drug-likeness (QED) is 0.640. The zero-order valence-corrected chi connectivity index (χ0v) is 15.0. The molecule has 1 N–H and O–H groups in total. The maximum absolute atomic E-state index is 12.5. The first kappa shape index (κ1) is 20.5. The molecular formula is C18H26N2O5. The lowest BCUT2D eigenvalue weighted by atomic mass is 10.1. The summed E-state index contributed by atoms with van der Waals surface area (Å²) in [5.74, 6) is 0.109. The first-order valence-corrected chi connectivity index (χ1v) is 8.27. The molecule has 0 fully saturated rings. The number of methoxy groups -OCH3 is 1. The number of carbonyl (C=O) groups excluding carboxylic acids is 3. The lowest BCUT2D eigenvalue weighted by Gasteiger charge is -2.22. The largest absolute Gasteiger partial charge is 0.497 e. The molecule has 25 heavy (non-hydrogen) atoms. The minimum Gasteiger partial charge on any atom is -0.497 e. The molecule has 1 aromatic rings. The van der Waals surface area contributed by atoms with Gasteiger partial charge in [0.1, 0.15) is 5.75 Å². The molecule has 0 bridgehead atoms. The van der Waals surface area contributed by atoms with Crippen LogP contribution in [0.4, 0.5) is 0 Å². The zero-order chi connectivity index (χ0) is 18.7. The van der Waals surface area contributed by atoms with Crippen molar-refractivity contribution in [2.24, 2.45) is 0 Å². The maximum Gasteiger partial charge on any atom is 0.307 e. The summed E-state index contributed by atoms with van der Waals surface area (Å²) in [6, 6.07) is 7.24. The van der Waals surface area contributed by atoms with Crippen LogP contribution < -0.4 is 10.1 Å². The van der Waals surface area contributed by atoms with E-state index in [9.17, 15) is 14.4 Å². The molecule has 0 saturated carbocycles. The van der Waals surface area contributed by atoms with Gasteiger partial charge in [0.05, 0.1) is 26.6 Å². The summed E-state index contributed by atoms with van der Waals surface area (Å²) < 4.78 is 10.00. The normalized spacial score (nSPS) is 10.0. The third-order valence-corrected chi connectivity index (χ3v) is 3.51. The van der Waals surface area contributed by atoms with Crippen molar-refractivity contribution in [2.45, 2.75) is 26.7 Å². The van der Waals surface area contributed by atoms with Gasteiger partial charge in [-0.2, -0.15) is 0 Å². The van der Waals surface area contributed by atoms with Gasteiger partial charge in [0.25, 0.3) is 0 Å². The van der Waals surface area contributed by atoms with E-state index in [1.165, 1.54) is 6.92 Å². The molecule has 0 aliphatic carbocycles. The summed E-state index contributed by atoms with van der Waals surface area (Å²) in [7, 11) is 1.58. The molecule has 0 atom stereocenters. The number of hydrogen-bond donors (Lipinski definition) is 1. The van der Waals surface area contributed by atoms with E-state index in [1.54, 1.807) is 31.1 Å². The number of rotatable bonds is 10. The van der Waals surface area contributed by atoms with Crippen molar-refractivity contribution in [2.75, 3.05) is 33.4 Å². The van der Waals surface area contributed by atoms with Gasteiger partial charge in [-0.3, -0.25) is 14.4 Å². The van der Waals surface area contributed by atoms with Crippen molar-refractivity contribution < 1.29 is 23.9 Å². The summed E-state index contributed by atoms with van der Waals surface area (Å²) in [6.07, 6.45) is 0.342. The number of benzene rings is 1. The SMILES string of the molecule is CCOC(=O)CCN(CCNC(C)=O)C(=O)Cc1ccc(OC)cc1. The van der Waals surface area contributed by atoms with Gasteiger partial charge in [-0.25, -0.2) is 0 Å². The molecule has 0 aliphatic rings. The first-order chi connectivity index (χ1) is 12.0. The molecule has 138 valence electrons. The Labute approximate surface area is 148 Å². The summed E-state index contributed by atoms with van der Waals surface area (Å²) in [4.78, 5) is 36.6. The number of amides is 2. The minimum atomic E-state index is -0.343. The van der Waals surface area contributed by atoms with Gasteiger partial charge in [-0.15, -0.1) is 0 Å². The number of hydrogen-bond acceptors (Lipinski definition) is 5. The second-order valence-electron chi connectivity index (χ2n) is 5.44. The van der Waals surface area contributed by atoms with Crippen LogP contribution in [0.15, 0.2) is 24.3 Å². The number of ether oxygens (including phenoxy) is 2. The lowest BCUT2D eigenvalue weighted by molar-refractivity contribution is -0.144. The molecule has 0 heterocycles. The highest BCUT2D eigenvalue weighted by Gasteiger charge is 2.16. The van der Waals surface area contributed by atoms with Crippen molar-refractivity contribution in [1.82, 2.24) is 10.2 Å². The van der Waals surface area contributed by atoms with Crippen LogP contribution in [0.2, 0.25) is 0 Å². The molecule has 1 aromatic carbocycles. The molecule has 0 aromatic heterocycles. The van der Waals surface area contributed by atoms with Crippen molar-refractivity contribution in [3.05, 3.63) is 29.8 Å². The van der Waals surface area contributed by atoms with E-state index in [2.05, 4.69) is 5.32 Å². The van der Waals surface area contributed by atoms with Crippen LogP contribution in [-0.4, -0.2) is 56.0 Å². The highest BCUT2D eigenvalue weighted by molar-refractivity contribution is 5.79. The molecule has 1 rings (SSSR count). The van der Waals surface area contributed by atoms with E-state index in [1.807, 2.05) is 12.1 Å². The van der Waals surface area contributed by atoms with E-state index in [-0.39, 0.29) is 37.2 Å². The number of esters is 1. The third kappa shape index (κ3) is 8.19. The zero-order valence-electron chi connectivity index (χ0n) is 15.0. The molecule has 7 heteroatoms. The Morgan fingerprint density at radius 1 is 1.12 bits per heavy atom. The molecule has 0 radical (unpaired) electrons. The highest BCUT2D eigenvalue weighted by Crippen LogP contribution is 2.12. The Kier molecular flexibility index (Phi) is 9.06. The van der Waals surface area contributed by atoms with Gasteiger partial charge in [-0.05, 0) is 24.6 Å². The van der Waals surface area contributed by atoms with Gasteiger partial charge < -0.3 is 19.7 Å². The topological polar surface area (TPSA) is 84.9 Å². The second kappa shape index (κ2) is 11.1. The summed E-state index contributed by atoms with van der Waals surface area (Å²) >= 11 is 0. The standard InChI is InChI=1S/C18H26N2O5/c1-4-25-18(23)9-11-20(12-10-19-14(2)21)17(22)13-15-5-7-16(24-3)8-6-15/h5-8H,4,9-13H2,1-3H3,(H,19,21). The monoisotopic (exact) mass is 350 g/mol. The maximum atomic E-state index is 12.5. The Hall–Kier alpha value is -2.57. The number of nitrogens with zero attached hydrogens (tertiary/aromatic N) is 1. The van der Waals surface area contributed by atoms with E-state index < -0.39 is 0 Å². The second-order valence-corrected chi connectivity index (χ2v) is 5.44. The average Bonchev–Trinajstić information content (AvgIpc) is 2.58. The molecular weight excluding hydrogens is 324 g/mol. The van der Waals surface area contributed by atoms with Crippen LogP contribution in [0.5, 0.6) is 5.75 Å². The van der Waals surface area contributed by atoms with E-state index in [0.29, 0.717) is 19.7 Å². The average molecular weight is 350 g/mol. The fraction of sp³-hybridized carbons (Fsp3) is 0.500. The Bertz CT molecular complexity index is 571. The van der Waals surface area contributed by atoms with Crippen LogP contribution in [0.3, 0.4) is 0 Å². The smallest absolute Gasteiger partial charge is 0.307 e. The predicted octanol–water partition coefficient (Wildman–Crippen LogP) is 1.16. The fourth-order valence-corrected chi connectivity index (χ4v) is 2.22. The molecule has 7 nitrogen and oxygen atoms in total. The van der Waals surface area contributed by atoms with Crippen molar-refractivity contribution in [3.63, 3.8) is 0 Å². The summed E-state index contributed by atoms with van der Waals surface area (Å²) in [5.41, 5.74) is 0.853. The van der Waals surface area contributed by atoms with Crippen molar-refractivity contribution in [1.29, 1.82) is 0 Å². The molecule has 0 saturated heterocycles. The highest BCUT2D eigenvalue weighted by atomic mass is 16.5. The Morgan fingerprint density at radius 2 is 1.80 bits per heavy atom. The summed E-state index contributed by atoms with van der Waals surface area (Å²) in [5, 5.41) is 2.66. The minimum absolute atomic E-state index is 0.111. The van der Waals surface area contributed by atoms with Crippen LogP contribution >= 0.6 is 0 Å². The fourth-order valence-electron chi connectivity index (χ4n) is 2.22. The molecule has 0 spiro atoms. The van der Waals surface area contributed by atoms with E-state index in [0.717, 1.165) is 11.3 Å². The molecule has 2 amide bonds. The first-order valence-electron chi connectivity index (χ1n) is 8.27. The van der Waals surface area contributed by atoms with Gasteiger partial charge >= 0.3 is 5.97 Å². The van der Waals surface area contributed by atoms with Crippen LogP contribution in [0, 0.1) is 0 Å². The van der Waals surface area contributed by atoms with Gasteiger partial charge in [0, 0.05) is 26.6 Å². The summed E-state index contributed by atoms with van der Waals surface area (Å²) in [6.45, 7) is 4.40. The van der Waals surface area contributed by atoms with Crippen LogP contribution in [-0.2, 0) is 25.5 Å². The third-order valence-electron chi connectivity index (χ3n) is 3.51. The van der Waals surface area contributed by atoms with Gasteiger partial charge in [0.15, 0.2) is 0 Å². The lowest BCUT2D eigenvalue weighted by Crippen LogP contribution is -2.40. The Balaban J connectivity index is 2.64. The van der Waals surface area contributed by atoms with E-state index in [4.69, 9.17) is 9.47 Å². The van der Waals surface area contributed by atoms with E-state index >= 15 is 0 Å². The Morgan fingerprint density at radius 3 is 2.36 bits per heavy atom.